The number of nitrogens with zero attached hydrogens (tertiary/aromatic N) is 1. The van der Waals surface area contributed by atoms with Crippen LogP contribution in [-0.2, 0) is 4.79 Å². The minimum atomic E-state index is -1.19. The Morgan fingerprint density at radius 1 is 1.32 bits per heavy atom. The van der Waals surface area contributed by atoms with E-state index in [1.165, 1.54) is 37.1 Å². The summed E-state index contributed by atoms with van der Waals surface area (Å²) in [6.45, 7) is 0. The molecule has 0 bridgehead atoms. The lowest BCUT2D eigenvalue weighted by Gasteiger charge is -2.19. The summed E-state index contributed by atoms with van der Waals surface area (Å²) in [6.07, 6.45) is 1.30. The molecule has 28 heavy (non-hydrogen) atoms. The maximum absolute atomic E-state index is 12.8. The lowest BCUT2D eigenvalue weighted by atomic mass is 10.0. The first-order valence-corrected chi connectivity index (χ1v) is 9.55. The maximum atomic E-state index is 12.8. The van der Waals surface area contributed by atoms with E-state index in [-0.39, 0.29) is 16.3 Å². The molecule has 10 heteroatoms. The van der Waals surface area contributed by atoms with E-state index in [9.17, 15) is 24.8 Å². The van der Waals surface area contributed by atoms with Crippen LogP contribution < -0.4 is 10.1 Å². The number of aliphatic carboxylic acids is 1. The Bertz CT molecular complexity index is 921. The molecule has 0 spiro atoms. The molecule has 0 aliphatic heterocycles. The van der Waals surface area contributed by atoms with Crippen molar-refractivity contribution in [3.63, 3.8) is 0 Å². The van der Waals surface area contributed by atoms with Crippen LogP contribution in [0.2, 0.25) is 5.02 Å². The van der Waals surface area contributed by atoms with Gasteiger partial charge in [-0.3, -0.25) is 19.7 Å². The number of amides is 1. The molecule has 0 aliphatic carbocycles. The Kier molecular flexibility index (Phi) is 7.24. The first-order chi connectivity index (χ1) is 13.3. The highest BCUT2D eigenvalue weighted by atomic mass is 35.5. The van der Waals surface area contributed by atoms with Crippen molar-refractivity contribution in [3.05, 3.63) is 62.7 Å². The van der Waals surface area contributed by atoms with Gasteiger partial charge in [0.1, 0.15) is 5.75 Å². The number of hydrogen-bond acceptors (Lipinski definition) is 6. The normalized spacial score (nSPS) is 11.5. The van der Waals surface area contributed by atoms with Gasteiger partial charge in [-0.05, 0) is 30.5 Å². The fourth-order valence-corrected chi connectivity index (χ4v) is 3.41. The van der Waals surface area contributed by atoms with Crippen LogP contribution in [-0.4, -0.2) is 35.3 Å². The van der Waals surface area contributed by atoms with Gasteiger partial charge in [0.05, 0.1) is 30.1 Å². The molecule has 1 amide bonds. The summed E-state index contributed by atoms with van der Waals surface area (Å²) in [5, 5.41) is 23.0. The molecule has 148 valence electrons. The summed E-state index contributed by atoms with van der Waals surface area (Å²) < 4.78 is 5.14. The maximum Gasteiger partial charge on any atom is 0.305 e. The van der Waals surface area contributed by atoms with Gasteiger partial charge in [-0.1, -0.05) is 11.6 Å². The lowest BCUT2D eigenvalue weighted by Crippen LogP contribution is -2.30. The Balaban J connectivity index is 2.40. The number of carbonyl (C=O) groups is 2. The molecular formula is C18H17ClN2O6S. The zero-order valence-electron chi connectivity index (χ0n) is 15.0. The van der Waals surface area contributed by atoms with Gasteiger partial charge in [-0.2, -0.15) is 0 Å². The quantitative estimate of drug-likeness (QED) is 0.374. The average molecular weight is 425 g/mol. The number of nitrogens with one attached hydrogen (secondary N) is 1. The molecule has 0 saturated heterocycles. The molecule has 0 aliphatic rings. The monoisotopic (exact) mass is 424 g/mol. The van der Waals surface area contributed by atoms with E-state index in [4.69, 9.17) is 16.3 Å². The number of carboxylic acid groups (broad SMARTS) is 1. The van der Waals surface area contributed by atoms with E-state index in [0.29, 0.717) is 16.2 Å². The average Bonchev–Trinajstić information content (AvgIpc) is 2.66. The van der Waals surface area contributed by atoms with Crippen molar-refractivity contribution in [2.75, 3.05) is 13.4 Å². The molecule has 0 radical (unpaired) electrons. The molecule has 8 nitrogen and oxygen atoms in total. The van der Waals surface area contributed by atoms with Gasteiger partial charge < -0.3 is 15.2 Å². The number of ether oxygens (including phenoxy) is 1. The number of rotatable bonds is 8. The molecule has 0 saturated carbocycles. The SMILES string of the molecule is COc1ccc(C(=O)N[C@H](CC(=O)O)c2cc([N+](=O)[O-])ccc2Cl)c(SC)c1. The largest absolute Gasteiger partial charge is 0.497 e. The van der Waals surface area contributed by atoms with Crippen LogP contribution in [0, 0.1) is 10.1 Å². The molecule has 0 heterocycles. The van der Waals surface area contributed by atoms with Crippen molar-refractivity contribution in [1.29, 1.82) is 0 Å². The number of carboxylic acids is 1. The zero-order chi connectivity index (χ0) is 20.8. The number of nitro groups is 1. The van der Waals surface area contributed by atoms with Crippen LogP contribution in [0.3, 0.4) is 0 Å². The van der Waals surface area contributed by atoms with E-state index >= 15 is 0 Å². The van der Waals surface area contributed by atoms with Crippen LogP contribution in [0.25, 0.3) is 0 Å². The van der Waals surface area contributed by atoms with Gasteiger partial charge in [0.2, 0.25) is 0 Å². The van der Waals surface area contributed by atoms with E-state index in [0.717, 1.165) is 0 Å². The second-order valence-electron chi connectivity index (χ2n) is 5.65. The lowest BCUT2D eigenvalue weighted by molar-refractivity contribution is -0.384. The van der Waals surface area contributed by atoms with Crippen molar-refractivity contribution >= 4 is 40.9 Å². The third-order valence-electron chi connectivity index (χ3n) is 3.90. The fourth-order valence-electron chi connectivity index (χ4n) is 2.55. The van der Waals surface area contributed by atoms with Crippen molar-refractivity contribution in [3.8, 4) is 5.75 Å². The zero-order valence-corrected chi connectivity index (χ0v) is 16.5. The van der Waals surface area contributed by atoms with Crippen LogP contribution in [0.5, 0.6) is 5.75 Å². The summed E-state index contributed by atoms with van der Waals surface area (Å²) in [4.78, 5) is 35.1. The van der Waals surface area contributed by atoms with Crippen LogP contribution in [0.15, 0.2) is 41.3 Å². The second-order valence-corrected chi connectivity index (χ2v) is 6.91. The standard InChI is InChI=1S/C18H17ClN2O6S/c1-27-11-4-5-12(16(8-11)28-2)18(24)20-15(9-17(22)23)13-7-10(21(25)26)3-6-14(13)19/h3-8,15H,9H2,1-2H3,(H,20,24)(H,22,23)/t15-/m1/s1. The highest BCUT2D eigenvalue weighted by Crippen LogP contribution is 2.31. The van der Waals surface area contributed by atoms with Crippen molar-refractivity contribution < 1.29 is 24.4 Å². The van der Waals surface area contributed by atoms with E-state index in [2.05, 4.69) is 5.32 Å². The number of hydrogen-bond donors (Lipinski definition) is 2. The van der Waals surface area contributed by atoms with Crippen LogP contribution in [0.1, 0.15) is 28.4 Å². The van der Waals surface area contributed by atoms with Crippen molar-refractivity contribution in [2.24, 2.45) is 0 Å². The first-order valence-electron chi connectivity index (χ1n) is 7.95. The minimum absolute atomic E-state index is 0.122. The molecule has 2 aromatic carbocycles. The Hall–Kier alpha value is -2.78. The summed E-state index contributed by atoms with van der Waals surface area (Å²) >= 11 is 7.45. The third kappa shape index (κ3) is 5.14. The van der Waals surface area contributed by atoms with Crippen LogP contribution >= 0.6 is 23.4 Å². The molecule has 0 fully saturated rings. The molecule has 2 N–H and O–H groups in total. The molecule has 0 aromatic heterocycles. The highest BCUT2D eigenvalue weighted by Gasteiger charge is 2.24. The second kappa shape index (κ2) is 9.43. The first kappa shape index (κ1) is 21.5. The van der Waals surface area contributed by atoms with Gasteiger partial charge in [0, 0.05) is 27.6 Å². The Morgan fingerprint density at radius 3 is 2.61 bits per heavy atom. The van der Waals surface area contributed by atoms with Gasteiger partial charge >= 0.3 is 5.97 Å². The molecule has 0 unspecified atom stereocenters. The van der Waals surface area contributed by atoms with Gasteiger partial charge in [0.25, 0.3) is 11.6 Å². The molecule has 1 atom stereocenters. The number of halogens is 1. The summed E-state index contributed by atoms with van der Waals surface area (Å²) in [5.74, 6) is -1.14. The predicted octanol–water partition coefficient (Wildman–Crippen LogP) is 3.92. The topological polar surface area (TPSA) is 119 Å². The Labute approximate surface area is 170 Å². The summed E-state index contributed by atoms with van der Waals surface area (Å²) in [7, 11) is 1.51. The smallest absolute Gasteiger partial charge is 0.305 e. The number of non-ortho nitro benzene ring substituents is 1. The molecular weight excluding hydrogens is 408 g/mol. The van der Waals surface area contributed by atoms with E-state index in [1.54, 1.807) is 24.5 Å². The number of benzene rings is 2. The highest BCUT2D eigenvalue weighted by molar-refractivity contribution is 7.98. The summed E-state index contributed by atoms with van der Waals surface area (Å²) in [5.41, 5.74) is 0.231. The molecule has 2 aromatic rings. The van der Waals surface area contributed by atoms with Gasteiger partial charge in [-0.25, -0.2) is 0 Å². The van der Waals surface area contributed by atoms with Crippen molar-refractivity contribution in [2.45, 2.75) is 17.4 Å². The number of nitro benzene ring substituents is 1. The van der Waals surface area contributed by atoms with Gasteiger partial charge in [0.15, 0.2) is 0 Å². The van der Waals surface area contributed by atoms with Gasteiger partial charge in [-0.15, -0.1) is 11.8 Å². The third-order valence-corrected chi connectivity index (χ3v) is 5.03. The van der Waals surface area contributed by atoms with Crippen LogP contribution in [0.4, 0.5) is 5.69 Å². The Morgan fingerprint density at radius 2 is 2.04 bits per heavy atom. The van der Waals surface area contributed by atoms with E-state index in [1.807, 2.05) is 0 Å². The van der Waals surface area contributed by atoms with Crippen molar-refractivity contribution in [1.82, 2.24) is 5.32 Å². The molecule has 2 rings (SSSR count). The number of thioether (sulfide) groups is 1. The number of methoxy groups -OCH3 is 1. The summed E-state index contributed by atoms with van der Waals surface area (Å²) in [6, 6.07) is 7.49. The van der Waals surface area contributed by atoms with E-state index < -0.39 is 29.3 Å². The predicted molar refractivity (Wildman–Crippen MR) is 105 cm³/mol. The minimum Gasteiger partial charge on any atom is -0.497 e. The number of carbonyl (C=O) groups excluding carboxylic acids is 1. The fraction of sp³-hybridized carbons (Fsp3) is 0.222.